The maximum atomic E-state index is 12.7. The summed E-state index contributed by atoms with van der Waals surface area (Å²) in [7, 11) is 0. The fraction of sp³-hybridized carbons (Fsp3) is 0.500. The summed E-state index contributed by atoms with van der Waals surface area (Å²) in [6.07, 6.45) is 5.67. The zero-order valence-electron chi connectivity index (χ0n) is 17.8. The number of carbonyl (C=O) groups excluding carboxylic acids is 1. The van der Waals surface area contributed by atoms with E-state index in [0.717, 1.165) is 49.0 Å². The summed E-state index contributed by atoms with van der Waals surface area (Å²) in [6.45, 7) is 6.36. The molecule has 1 saturated carbocycles. The first-order chi connectivity index (χ1) is 13.9. The van der Waals surface area contributed by atoms with Crippen LogP contribution in [0.1, 0.15) is 81.4 Å². The molecule has 1 fully saturated rings. The monoisotopic (exact) mass is 392 g/mol. The molecule has 0 saturated heterocycles. The number of aryl methyl sites for hydroxylation is 1. The van der Waals surface area contributed by atoms with Gasteiger partial charge in [0, 0.05) is 23.5 Å². The molecule has 3 unspecified atom stereocenters. The predicted octanol–water partition coefficient (Wildman–Crippen LogP) is 6.14. The highest BCUT2D eigenvalue weighted by molar-refractivity contribution is 5.88. The van der Waals surface area contributed by atoms with Crippen LogP contribution in [0.3, 0.4) is 0 Å². The van der Waals surface area contributed by atoms with Crippen molar-refractivity contribution in [1.82, 2.24) is 0 Å². The maximum Gasteiger partial charge on any atom is 0.140 e. The molecule has 3 atom stereocenters. The Balaban J connectivity index is 1.55. The molecule has 1 N–H and O–H groups in total. The third kappa shape index (κ3) is 3.92. The summed E-state index contributed by atoms with van der Waals surface area (Å²) in [5.41, 5.74) is 2.80. The van der Waals surface area contributed by atoms with Gasteiger partial charge in [0.15, 0.2) is 0 Å². The van der Waals surface area contributed by atoms with Gasteiger partial charge in [-0.15, -0.1) is 0 Å². The van der Waals surface area contributed by atoms with Crippen LogP contribution in [0.4, 0.5) is 0 Å². The normalized spacial score (nSPS) is 23.6. The molecular formula is C26H32O3. The summed E-state index contributed by atoms with van der Waals surface area (Å²) >= 11 is 0. The molecule has 0 bridgehead atoms. The molecular weight excluding hydrogens is 360 g/mol. The van der Waals surface area contributed by atoms with Gasteiger partial charge in [-0.05, 0) is 69.6 Å². The van der Waals surface area contributed by atoms with Crippen LogP contribution in [-0.2, 0) is 11.2 Å². The van der Waals surface area contributed by atoms with Crippen LogP contribution in [-0.4, -0.2) is 16.5 Å². The van der Waals surface area contributed by atoms with Gasteiger partial charge in [-0.2, -0.15) is 0 Å². The molecule has 0 amide bonds. The Morgan fingerprint density at radius 1 is 1.21 bits per heavy atom. The van der Waals surface area contributed by atoms with Crippen molar-refractivity contribution < 1.29 is 14.6 Å². The highest BCUT2D eigenvalue weighted by Gasteiger charge is 2.48. The van der Waals surface area contributed by atoms with E-state index in [1.165, 1.54) is 5.56 Å². The van der Waals surface area contributed by atoms with Crippen LogP contribution < -0.4 is 4.74 Å². The fourth-order valence-corrected chi connectivity index (χ4v) is 5.28. The molecule has 154 valence electrons. The molecule has 2 aliphatic rings. The fourth-order valence-electron chi connectivity index (χ4n) is 5.28. The smallest absolute Gasteiger partial charge is 0.140 e. The van der Waals surface area contributed by atoms with E-state index in [2.05, 4.69) is 45.0 Å². The Bertz CT molecular complexity index is 884. The highest BCUT2D eigenvalue weighted by atomic mass is 16.5. The number of ether oxygens (including phenoxy) is 1. The number of ketones is 1. The summed E-state index contributed by atoms with van der Waals surface area (Å²) in [5.74, 6) is 1.66. The second-order valence-electron chi connectivity index (χ2n) is 9.38. The van der Waals surface area contributed by atoms with Gasteiger partial charge in [0.1, 0.15) is 22.9 Å². The number of rotatable bonds is 5. The molecule has 0 spiro atoms. The zero-order valence-corrected chi connectivity index (χ0v) is 17.8. The molecule has 1 heterocycles. The van der Waals surface area contributed by atoms with Crippen LogP contribution in [0.2, 0.25) is 0 Å². The number of benzene rings is 2. The largest absolute Gasteiger partial charge is 0.508 e. The predicted molar refractivity (Wildman–Crippen MR) is 116 cm³/mol. The Hall–Kier alpha value is -2.29. The van der Waals surface area contributed by atoms with E-state index in [4.69, 9.17) is 4.74 Å². The first kappa shape index (κ1) is 20.0. The van der Waals surface area contributed by atoms with Crippen molar-refractivity contribution in [1.29, 1.82) is 0 Å². The molecule has 1 aliphatic carbocycles. The number of carbonyl (C=O) groups is 1. The first-order valence-electron chi connectivity index (χ1n) is 11.0. The SMILES string of the molecule is CC(CCCc1ccccc1)c1cc2c(cc1O)C1C(=O)CCCC1C(C)(C)O2. The van der Waals surface area contributed by atoms with Crippen LogP contribution in [0.5, 0.6) is 11.5 Å². The molecule has 3 heteroatoms. The van der Waals surface area contributed by atoms with Crippen molar-refractivity contribution in [3.63, 3.8) is 0 Å². The van der Waals surface area contributed by atoms with E-state index < -0.39 is 0 Å². The molecule has 3 nitrogen and oxygen atoms in total. The first-order valence-corrected chi connectivity index (χ1v) is 11.0. The van der Waals surface area contributed by atoms with Gasteiger partial charge in [0.05, 0.1) is 5.92 Å². The summed E-state index contributed by atoms with van der Waals surface area (Å²) in [4.78, 5) is 12.7. The molecule has 2 aromatic rings. The molecule has 4 rings (SSSR count). The van der Waals surface area contributed by atoms with Crippen LogP contribution in [0, 0.1) is 5.92 Å². The molecule has 0 radical (unpaired) electrons. The summed E-state index contributed by atoms with van der Waals surface area (Å²) in [6, 6.07) is 14.3. The van der Waals surface area contributed by atoms with Crippen molar-refractivity contribution in [2.24, 2.45) is 5.92 Å². The van der Waals surface area contributed by atoms with E-state index in [-0.39, 0.29) is 23.4 Å². The van der Waals surface area contributed by atoms with E-state index in [1.807, 2.05) is 18.2 Å². The number of aromatic hydroxyl groups is 1. The third-order valence-electron chi connectivity index (χ3n) is 6.92. The summed E-state index contributed by atoms with van der Waals surface area (Å²) in [5, 5.41) is 10.8. The van der Waals surface area contributed by atoms with Gasteiger partial charge in [-0.1, -0.05) is 37.3 Å². The molecule has 29 heavy (non-hydrogen) atoms. The third-order valence-corrected chi connectivity index (χ3v) is 6.92. The Labute approximate surface area is 174 Å². The van der Waals surface area contributed by atoms with Crippen molar-refractivity contribution in [2.75, 3.05) is 0 Å². The average molecular weight is 393 g/mol. The lowest BCUT2D eigenvalue weighted by atomic mass is 9.66. The van der Waals surface area contributed by atoms with Crippen molar-refractivity contribution in [3.8, 4) is 11.5 Å². The van der Waals surface area contributed by atoms with Crippen LogP contribution in [0.15, 0.2) is 42.5 Å². The Morgan fingerprint density at radius 3 is 2.72 bits per heavy atom. The second kappa shape index (κ2) is 7.85. The van der Waals surface area contributed by atoms with E-state index in [0.29, 0.717) is 18.0 Å². The maximum absolute atomic E-state index is 12.7. The Kier molecular flexibility index (Phi) is 5.42. The lowest BCUT2D eigenvalue weighted by Crippen LogP contribution is -2.48. The molecule has 0 aromatic heterocycles. The van der Waals surface area contributed by atoms with Gasteiger partial charge >= 0.3 is 0 Å². The summed E-state index contributed by atoms with van der Waals surface area (Å²) < 4.78 is 6.39. The zero-order chi connectivity index (χ0) is 20.6. The van der Waals surface area contributed by atoms with Crippen molar-refractivity contribution in [2.45, 2.75) is 76.7 Å². The molecule has 2 aromatic carbocycles. The minimum atomic E-state index is -0.363. The highest BCUT2D eigenvalue weighted by Crippen LogP contribution is 2.52. The van der Waals surface area contributed by atoms with E-state index in [1.54, 1.807) is 0 Å². The van der Waals surface area contributed by atoms with Gasteiger partial charge in [0.2, 0.25) is 0 Å². The standard InChI is InChI=1S/C26H32O3/c1-17(9-7-12-18-10-5-4-6-11-18)19-16-24-20(15-23(19)28)25-21(26(2,3)29-24)13-8-14-22(25)27/h4-6,10-11,15-17,21,25,28H,7-9,12-14H2,1-3H3. The Morgan fingerprint density at radius 2 is 1.97 bits per heavy atom. The van der Waals surface area contributed by atoms with Crippen molar-refractivity contribution in [3.05, 3.63) is 59.2 Å². The minimum absolute atomic E-state index is 0.143. The number of Topliss-reactive ketones (excluding diaryl/α,β-unsaturated/α-hetero) is 1. The van der Waals surface area contributed by atoms with E-state index in [9.17, 15) is 9.90 Å². The minimum Gasteiger partial charge on any atom is -0.508 e. The average Bonchev–Trinajstić information content (AvgIpc) is 2.69. The lowest BCUT2D eigenvalue weighted by Gasteiger charge is -2.46. The number of fused-ring (bicyclic) bond motifs is 3. The number of phenols is 1. The van der Waals surface area contributed by atoms with Gasteiger partial charge in [-0.25, -0.2) is 0 Å². The quantitative estimate of drug-likeness (QED) is 0.664. The van der Waals surface area contributed by atoms with Gasteiger partial charge in [-0.3, -0.25) is 4.79 Å². The van der Waals surface area contributed by atoms with Crippen LogP contribution in [0.25, 0.3) is 0 Å². The number of phenolic OH excluding ortho intramolecular Hbond substituents is 1. The van der Waals surface area contributed by atoms with Gasteiger partial charge < -0.3 is 9.84 Å². The van der Waals surface area contributed by atoms with E-state index >= 15 is 0 Å². The second-order valence-corrected chi connectivity index (χ2v) is 9.38. The number of hydrogen-bond donors (Lipinski definition) is 1. The van der Waals surface area contributed by atoms with Gasteiger partial charge in [0.25, 0.3) is 0 Å². The number of hydrogen-bond acceptors (Lipinski definition) is 3. The topological polar surface area (TPSA) is 46.5 Å². The van der Waals surface area contributed by atoms with Crippen LogP contribution >= 0.6 is 0 Å². The van der Waals surface area contributed by atoms with Crippen molar-refractivity contribution >= 4 is 5.78 Å². The lowest BCUT2D eigenvalue weighted by molar-refractivity contribution is -0.128. The molecule has 1 aliphatic heterocycles.